The van der Waals surface area contributed by atoms with Crippen molar-refractivity contribution in [2.24, 2.45) is 0 Å². The van der Waals surface area contributed by atoms with Crippen LogP contribution in [-0.2, 0) is 5.41 Å². The van der Waals surface area contributed by atoms with Crippen molar-refractivity contribution in [1.82, 2.24) is 0 Å². The van der Waals surface area contributed by atoms with Gasteiger partial charge in [0.25, 0.3) is 11.4 Å². The molecule has 8 rings (SSSR count). The summed E-state index contributed by atoms with van der Waals surface area (Å²) in [5.41, 5.74) is 3.41. The van der Waals surface area contributed by atoms with E-state index in [0.717, 1.165) is 43.8 Å². The number of hydrogen-bond acceptors (Lipinski definition) is 5. The summed E-state index contributed by atoms with van der Waals surface area (Å²) in [6, 6.07) is 33.6. The monoisotopic (exact) mass is 522 g/mol. The van der Waals surface area contributed by atoms with E-state index in [4.69, 9.17) is 4.74 Å². The number of hydrogen-bond donors (Lipinski definition) is 0. The Balaban J connectivity index is 1.63. The van der Waals surface area contributed by atoms with Gasteiger partial charge in [-0.25, -0.2) is 0 Å². The number of ether oxygens (including phenoxy) is 1. The lowest BCUT2D eigenvalue weighted by Gasteiger charge is -2.40. The average molecular weight is 523 g/mol. The van der Waals surface area contributed by atoms with Crippen LogP contribution in [0.15, 0.2) is 109 Å². The van der Waals surface area contributed by atoms with E-state index in [-0.39, 0.29) is 11.4 Å². The molecule has 6 aromatic rings. The maximum Gasteiger partial charge on any atom is 0.269 e. The number of fused-ring (bicyclic) bond motifs is 13. The zero-order chi connectivity index (χ0) is 27.2. The largest absolute Gasteiger partial charge is 0.455 e. The summed E-state index contributed by atoms with van der Waals surface area (Å²) in [6.07, 6.45) is 0. The maximum atomic E-state index is 12.0. The summed E-state index contributed by atoms with van der Waals surface area (Å²) in [6.45, 7) is 0. The van der Waals surface area contributed by atoms with Gasteiger partial charge >= 0.3 is 0 Å². The summed E-state index contributed by atoms with van der Waals surface area (Å²) >= 11 is 0. The smallest absolute Gasteiger partial charge is 0.269 e. The van der Waals surface area contributed by atoms with Crippen molar-refractivity contribution in [2.75, 3.05) is 0 Å². The lowest BCUT2D eigenvalue weighted by Crippen LogP contribution is -2.32. The molecule has 7 nitrogen and oxygen atoms in total. The fraction of sp³-hybridized carbons (Fsp3) is 0.0303. The van der Waals surface area contributed by atoms with Crippen LogP contribution in [0.1, 0.15) is 22.3 Å². The molecule has 190 valence electrons. The zero-order valence-electron chi connectivity index (χ0n) is 20.8. The molecule has 0 radical (unpaired) electrons. The van der Waals surface area contributed by atoms with E-state index in [2.05, 4.69) is 0 Å². The van der Waals surface area contributed by atoms with E-state index in [0.29, 0.717) is 22.6 Å². The van der Waals surface area contributed by atoms with Crippen molar-refractivity contribution >= 4 is 32.9 Å². The molecule has 0 fully saturated rings. The minimum absolute atomic E-state index is 0.0448. The predicted octanol–water partition coefficient (Wildman–Crippen LogP) is 8.28. The Morgan fingerprint density at radius 1 is 0.525 bits per heavy atom. The third-order valence-electron chi connectivity index (χ3n) is 8.30. The summed E-state index contributed by atoms with van der Waals surface area (Å²) in [5.74, 6) is 1.28. The summed E-state index contributed by atoms with van der Waals surface area (Å²) in [7, 11) is 0. The van der Waals surface area contributed by atoms with Crippen LogP contribution in [0, 0.1) is 20.2 Å². The Hall–Kier alpha value is -5.56. The van der Waals surface area contributed by atoms with E-state index in [1.54, 1.807) is 24.3 Å². The molecule has 0 N–H and O–H groups in total. The first-order valence-electron chi connectivity index (χ1n) is 12.8. The summed E-state index contributed by atoms with van der Waals surface area (Å²) < 4.78 is 6.81. The zero-order valence-corrected chi connectivity index (χ0v) is 20.8. The van der Waals surface area contributed by atoms with E-state index in [1.165, 1.54) is 12.1 Å². The first kappa shape index (κ1) is 22.4. The minimum Gasteiger partial charge on any atom is -0.455 e. The highest BCUT2D eigenvalue weighted by molar-refractivity contribution is 6.00. The van der Waals surface area contributed by atoms with Crippen molar-refractivity contribution in [3.63, 3.8) is 0 Å². The molecule has 0 saturated heterocycles. The van der Waals surface area contributed by atoms with Crippen LogP contribution in [0.2, 0.25) is 0 Å². The van der Waals surface area contributed by atoms with E-state index < -0.39 is 15.3 Å². The number of non-ortho nitro benzene ring substituents is 2. The van der Waals surface area contributed by atoms with Crippen LogP contribution in [-0.4, -0.2) is 9.85 Å². The van der Waals surface area contributed by atoms with Crippen LogP contribution < -0.4 is 4.74 Å². The third kappa shape index (κ3) is 2.73. The number of benzene rings is 6. The van der Waals surface area contributed by atoms with Gasteiger partial charge in [-0.3, -0.25) is 20.2 Å². The fourth-order valence-electron chi connectivity index (χ4n) is 6.65. The molecule has 0 aromatic heterocycles. The van der Waals surface area contributed by atoms with Crippen LogP contribution in [0.4, 0.5) is 11.4 Å². The van der Waals surface area contributed by atoms with Crippen molar-refractivity contribution in [3.05, 3.63) is 152 Å². The van der Waals surface area contributed by atoms with Crippen LogP contribution >= 0.6 is 0 Å². The van der Waals surface area contributed by atoms with Gasteiger partial charge in [0.1, 0.15) is 11.5 Å². The van der Waals surface area contributed by atoms with Gasteiger partial charge in [0.05, 0.1) is 15.3 Å². The minimum atomic E-state index is -1.08. The summed E-state index contributed by atoms with van der Waals surface area (Å²) in [5, 5.41) is 27.8. The highest BCUT2D eigenvalue weighted by atomic mass is 16.6. The van der Waals surface area contributed by atoms with Gasteiger partial charge in [0.2, 0.25) is 0 Å². The van der Waals surface area contributed by atoms with Gasteiger partial charge in [-0.2, -0.15) is 0 Å². The molecule has 1 spiro atoms. The van der Waals surface area contributed by atoms with Crippen molar-refractivity contribution < 1.29 is 14.6 Å². The quantitative estimate of drug-likeness (QED) is 0.168. The second-order valence-electron chi connectivity index (χ2n) is 10.2. The van der Waals surface area contributed by atoms with Crippen molar-refractivity contribution in [2.45, 2.75) is 5.41 Å². The lowest BCUT2D eigenvalue weighted by atomic mass is 9.65. The highest BCUT2D eigenvalue weighted by Gasteiger charge is 2.53. The van der Waals surface area contributed by atoms with Crippen LogP contribution in [0.3, 0.4) is 0 Å². The second-order valence-corrected chi connectivity index (χ2v) is 10.2. The Morgan fingerprint density at radius 2 is 0.975 bits per heavy atom. The van der Waals surface area contributed by atoms with Gasteiger partial charge in [-0.05, 0) is 45.2 Å². The first-order chi connectivity index (χ1) is 19.5. The Kier molecular flexibility index (Phi) is 4.34. The molecular weight excluding hydrogens is 504 g/mol. The van der Waals surface area contributed by atoms with E-state index >= 15 is 0 Å². The Morgan fingerprint density at radius 3 is 1.43 bits per heavy atom. The second kappa shape index (κ2) is 7.74. The summed E-state index contributed by atoms with van der Waals surface area (Å²) in [4.78, 5) is 23.2. The topological polar surface area (TPSA) is 95.5 Å². The molecule has 6 aromatic carbocycles. The molecule has 1 aliphatic carbocycles. The SMILES string of the molecule is O=[N+]([O-])c1ccc2c(c1)C1(c3cc([N+](=O)[O-])ccc3-2)c2ccc3ccccc3c2Oc2c1ccc1ccccc21. The van der Waals surface area contributed by atoms with Gasteiger partial charge in [-0.15, -0.1) is 0 Å². The third-order valence-corrected chi connectivity index (χ3v) is 8.30. The van der Waals surface area contributed by atoms with Gasteiger partial charge in [0, 0.05) is 46.2 Å². The molecule has 0 amide bonds. The van der Waals surface area contributed by atoms with Crippen LogP contribution in [0.25, 0.3) is 32.7 Å². The van der Waals surface area contributed by atoms with Gasteiger partial charge < -0.3 is 4.74 Å². The van der Waals surface area contributed by atoms with Crippen molar-refractivity contribution in [1.29, 1.82) is 0 Å². The molecular formula is C33H18N2O5. The molecule has 1 aliphatic heterocycles. The van der Waals surface area contributed by atoms with E-state index in [9.17, 15) is 20.2 Å². The van der Waals surface area contributed by atoms with E-state index in [1.807, 2.05) is 72.8 Å². The normalized spacial score (nSPS) is 13.8. The number of rotatable bonds is 2. The molecule has 0 bridgehead atoms. The number of nitrogens with zero attached hydrogens (tertiary/aromatic N) is 2. The molecule has 2 aliphatic rings. The molecule has 1 heterocycles. The number of nitro groups is 2. The Labute approximate surface area is 227 Å². The van der Waals surface area contributed by atoms with Gasteiger partial charge in [-0.1, -0.05) is 72.8 Å². The molecule has 0 unspecified atom stereocenters. The molecule has 7 heteroatoms. The standard InChI is InChI=1S/C33H18N2O5/c36-34(37)21-11-13-25-26-14-12-22(35(38)39)18-30(26)33(29(25)17-21)27-15-9-19-5-1-3-7-23(19)31(27)40-32-24-8-4-2-6-20(24)10-16-28(32)33/h1-18H. The fourth-order valence-corrected chi connectivity index (χ4v) is 6.65. The molecule has 0 atom stereocenters. The number of nitro benzene ring substituents is 2. The maximum absolute atomic E-state index is 12.0. The highest BCUT2D eigenvalue weighted by Crippen LogP contribution is 2.64. The van der Waals surface area contributed by atoms with Crippen LogP contribution in [0.5, 0.6) is 11.5 Å². The van der Waals surface area contributed by atoms with Gasteiger partial charge in [0.15, 0.2) is 0 Å². The first-order valence-corrected chi connectivity index (χ1v) is 12.8. The average Bonchev–Trinajstić information content (AvgIpc) is 3.26. The lowest BCUT2D eigenvalue weighted by molar-refractivity contribution is -0.385. The molecule has 0 saturated carbocycles. The predicted molar refractivity (Wildman–Crippen MR) is 152 cm³/mol. The molecule has 40 heavy (non-hydrogen) atoms. The Bertz CT molecular complexity index is 1970. The van der Waals surface area contributed by atoms with Crippen molar-refractivity contribution in [3.8, 4) is 22.6 Å².